The molecule has 5 heteroatoms. The highest BCUT2D eigenvalue weighted by atomic mass is 127. The van der Waals surface area contributed by atoms with Crippen LogP contribution in [0.1, 0.15) is 22.3 Å². The predicted octanol–water partition coefficient (Wildman–Crippen LogP) is 6.76. The molecule has 0 aliphatic rings. The molecular formula is C23H23ClINO2. The lowest BCUT2D eigenvalue weighted by molar-refractivity contribution is 0.282. The van der Waals surface area contributed by atoms with Gasteiger partial charge in [0.2, 0.25) is 0 Å². The van der Waals surface area contributed by atoms with Crippen molar-refractivity contribution in [2.75, 3.05) is 12.4 Å². The number of hydrogen-bond donors (Lipinski definition) is 1. The highest BCUT2D eigenvalue weighted by Gasteiger charge is 2.13. The molecule has 0 saturated heterocycles. The second-order valence-electron chi connectivity index (χ2n) is 6.59. The molecule has 0 saturated carbocycles. The lowest BCUT2D eigenvalue weighted by Crippen LogP contribution is -2.05. The molecule has 3 nitrogen and oxygen atoms in total. The van der Waals surface area contributed by atoms with Crippen LogP contribution in [0.5, 0.6) is 11.5 Å². The molecular weight excluding hydrogens is 485 g/mol. The highest BCUT2D eigenvalue weighted by molar-refractivity contribution is 14.1. The number of halogens is 2. The lowest BCUT2D eigenvalue weighted by atomic mass is 10.1. The van der Waals surface area contributed by atoms with Crippen molar-refractivity contribution < 1.29 is 9.47 Å². The van der Waals surface area contributed by atoms with Gasteiger partial charge in [0.1, 0.15) is 6.61 Å². The molecule has 0 atom stereocenters. The Morgan fingerprint density at radius 2 is 1.82 bits per heavy atom. The fourth-order valence-corrected chi connectivity index (χ4v) is 3.93. The van der Waals surface area contributed by atoms with Gasteiger partial charge < -0.3 is 14.8 Å². The second kappa shape index (κ2) is 9.52. The average molecular weight is 508 g/mol. The molecule has 0 aliphatic carbocycles. The monoisotopic (exact) mass is 507 g/mol. The van der Waals surface area contributed by atoms with Gasteiger partial charge in [0.15, 0.2) is 11.5 Å². The summed E-state index contributed by atoms with van der Waals surface area (Å²) >= 11 is 8.52. The maximum atomic E-state index is 6.23. The van der Waals surface area contributed by atoms with Crippen LogP contribution in [0.2, 0.25) is 5.02 Å². The van der Waals surface area contributed by atoms with E-state index < -0.39 is 0 Å². The minimum atomic E-state index is 0.395. The van der Waals surface area contributed by atoms with Crippen LogP contribution < -0.4 is 14.8 Å². The number of nitrogens with one attached hydrogen (secondary N) is 1. The van der Waals surface area contributed by atoms with Crippen LogP contribution in [-0.2, 0) is 13.2 Å². The first-order valence-corrected chi connectivity index (χ1v) is 10.5. The van der Waals surface area contributed by atoms with E-state index >= 15 is 0 Å². The van der Waals surface area contributed by atoms with Crippen LogP contribution in [0.3, 0.4) is 0 Å². The zero-order valence-electron chi connectivity index (χ0n) is 16.2. The number of rotatable bonds is 7. The fraction of sp³-hybridized carbons (Fsp3) is 0.217. The van der Waals surface area contributed by atoms with Crippen LogP contribution in [0, 0.1) is 17.4 Å². The van der Waals surface area contributed by atoms with Gasteiger partial charge in [0, 0.05) is 22.8 Å². The topological polar surface area (TPSA) is 30.5 Å². The van der Waals surface area contributed by atoms with E-state index in [-0.39, 0.29) is 0 Å². The summed E-state index contributed by atoms with van der Waals surface area (Å²) in [6, 6.07) is 18.1. The Kier molecular flexibility index (Phi) is 7.08. The van der Waals surface area contributed by atoms with Crippen LogP contribution in [0.15, 0.2) is 54.6 Å². The van der Waals surface area contributed by atoms with Gasteiger partial charge in [-0.1, -0.05) is 41.9 Å². The summed E-state index contributed by atoms with van der Waals surface area (Å²) in [5.74, 6) is 1.45. The summed E-state index contributed by atoms with van der Waals surface area (Å²) in [6.45, 7) is 5.36. The van der Waals surface area contributed by atoms with Crippen molar-refractivity contribution in [3.63, 3.8) is 0 Å². The number of ether oxygens (including phenoxy) is 2. The van der Waals surface area contributed by atoms with Crippen LogP contribution in [-0.4, -0.2) is 7.11 Å². The first-order valence-electron chi connectivity index (χ1n) is 9.02. The summed E-state index contributed by atoms with van der Waals surface area (Å²) in [4.78, 5) is 0. The molecule has 0 fully saturated rings. The van der Waals surface area contributed by atoms with E-state index in [0.29, 0.717) is 18.2 Å². The van der Waals surface area contributed by atoms with E-state index in [1.807, 2.05) is 30.3 Å². The Labute approximate surface area is 185 Å². The van der Waals surface area contributed by atoms with Crippen molar-refractivity contribution in [3.8, 4) is 11.5 Å². The molecule has 0 aromatic heterocycles. The van der Waals surface area contributed by atoms with E-state index in [1.165, 1.54) is 11.1 Å². The quantitative estimate of drug-likeness (QED) is 0.358. The van der Waals surface area contributed by atoms with Crippen molar-refractivity contribution in [1.82, 2.24) is 0 Å². The van der Waals surface area contributed by atoms with Gasteiger partial charge in [-0.25, -0.2) is 0 Å². The first kappa shape index (κ1) is 20.8. The molecule has 0 bridgehead atoms. The smallest absolute Gasteiger partial charge is 0.174 e. The Balaban J connectivity index is 1.75. The second-order valence-corrected chi connectivity index (χ2v) is 8.16. The van der Waals surface area contributed by atoms with E-state index in [9.17, 15) is 0 Å². The van der Waals surface area contributed by atoms with Gasteiger partial charge in [0.25, 0.3) is 0 Å². The maximum absolute atomic E-state index is 6.23. The SMILES string of the molecule is COc1cc(CNc2cccc(C)c2C)cc(I)c1OCc1ccccc1Cl. The van der Waals surface area contributed by atoms with Crippen LogP contribution >= 0.6 is 34.2 Å². The van der Waals surface area contributed by atoms with Crippen molar-refractivity contribution in [2.24, 2.45) is 0 Å². The first-order chi connectivity index (χ1) is 13.5. The molecule has 0 unspecified atom stereocenters. The average Bonchev–Trinajstić information content (AvgIpc) is 2.69. The summed E-state index contributed by atoms with van der Waals surface area (Å²) in [6.07, 6.45) is 0. The summed E-state index contributed by atoms with van der Waals surface area (Å²) in [5, 5.41) is 4.22. The van der Waals surface area contributed by atoms with Crippen molar-refractivity contribution in [2.45, 2.75) is 27.0 Å². The summed E-state index contributed by atoms with van der Waals surface area (Å²) in [7, 11) is 1.66. The molecule has 0 heterocycles. The Morgan fingerprint density at radius 1 is 1.04 bits per heavy atom. The molecule has 28 heavy (non-hydrogen) atoms. The molecule has 1 N–H and O–H groups in total. The van der Waals surface area contributed by atoms with Crippen LogP contribution in [0.25, 0.3) is 0 Å². The van der Waals surface area contributed by atoms with E-state index in [1.54, 1.807) is 7.11 Å². The van der Waals surface area contributed by atoms with Gasteiger partial charge >= 0.3 is 0 Å². The molecule has 146 valence electrons. The van der Waals surface area contributed by atoms with Gasteiger partial charge in [-0.2, -0.15) is 0 Å². The summed E-state index contributed by atoms with van der Waals surface area (Å²) < 4.78 is 12.6. The van der Waals surface area contributed by atoms with E-state index in [4.69, 9.17) is 21.1 Å². The van der Waals surface area contributed by atoms with Gasteiger partial charge in [-0.05, 0) is 77.4 Å². The number of anilines is 1. The van der Waals surface area contributed by atoms with E-state index in [0.717, 1.165) is 31.9 Å². The number of hydrogen-bond acceptors (Lipinski definition) is 3. The van der Waals surface area contributed by atoms with Gasteiger partial charge in [-0.15, -0.1) is 0 Å². The third kappa shape index (κ3) is 4.92. The van der Waals surface area contributed by atoms with Crippen molar-refractivity contribution >= 4 is 39.9 Å². The predicted molar refractivity (Wildman–Crippen MR) is 125 cm³/mol. The third-order valence-corrected chi connectivity index (χ3v) is 5.88. The molecule has 0 spiro atoms. The Morgan fingerprint density at radius 3 is 2.57 bits per heavy atom. The molecule has 3 aromatic rings. The maximum Gasteiger partial charge on any atom is 0.174 e. The zero-order valence-corrected chi connectivity index (χ0v) is 19.1. The Bertz CT molecular complexity index is 975. The van der Waals surface area contributed by atoms with Crippen molar-refractivity contribution in [3.05, 3.63) is 85.4 Å². The highest BCUT2D eigenvalue weighted by Crippen LogP contribution is 2.35. The molecule has 0 amide bonds. The van der Waals surface area contributed by atoms with Gasteiger partial charge in [-0.3, -0.25) is 0 Å². The molecule has 3 rings (SSSR count). The minimum Gasteiger partial charge on any atom is -0.493 e. The van der Waals surface area contributed by atoms with Crippen molar-refractivity contribution in [1.29, 1.82) is 0 Å². The number of methoxy groups -OCH3 is 1. The lowest BCUT2D eigenvalue weighted by Gasteiger charge is -2.16. The largest absolute Gasteiger partial charge is 0.493 e. The molecule has 0 aliphatic heterocycles. The molecule has 0 radical (unpaired) electrons. The minimum absolute atomic E-state index is 0.395. The molecule has 3 aromatic carbocycles. The number of benzene rings is 3. The fourth-order valence-electron chi connectivity index (χ4n) is 2.92. The standard InChI is InChI=1S/C23H23ClINO2/c1-15-7-6-10-21(16(15)2)26-13-17-11-20(25)23(22(12-17)27-3)28-14-18-8-4-5-9-19(18)24/h4-12,26H,13-14H2,1-3H3. The van der Waals surface area contributed by atoms with E-state index in [2.05, 4.69) is 66.0 Å². The summed E-state index contributed by atoms with van der Waals surface area (Å²) in [5.41, 5.74) is 5.77. The normalized spacial score (nSPS) is 10.6. The number of aryl methyl sites for hydroxylation is 1. The Hall–Kier alpha value is -1.92. The van der Waals surface area contributed by atoms with Crippen LogP contribution in [0.4, 0.5) is 5.69 Å². The zero-order chi connectivity index (χ0) is 20.1. The third-order valence-electron chi connectivity index (χ3n) is 4.71. The van der Waals surface area contributed by atoms with Gasteiger partial charge in [0.05, 0.1) is 10.7 Å².